The number of carbonyl (C=O) groups excluding carboxylic acids is 2. The van der Waals surface area contributed by atoms with Crippen LogP contribution in [-0.2, 0) is 9.59 Å². The standard InChI is InChI=1S/C24H18ClFN2O3/c1-2-31-20-5-3-4-18(14-20)27-22-21(15-6-8-16(25)9-7-15)23(29)28(24(22)30)19-12-10-17(26)11-13-19/h3-14,27H,2H2,1H3. The van der Waals surface area contributed by atoms with Crippen LogP contribution in [0.3, 0.4) is 0 Å². The van der Waals surface area contributed by atoms with E-state index in [4.69, 9.17) is 16.3 Å². The van der Waals surface area contributed by atoms with E-state index >= 15 is 0 Å². The fourth-order valence-corrected chi connectivity index (χ4v) is 3.46. The number of benzene rings is 3. The van der Waals surface area contributed by atoms with Crippen molar-refractivity contribution in [3.8, 4) is 5.75 Å². The van der Waals surface area contributed by atoms with E-state index in [0.29, 0.717) is 28.6 Å². The highest BCUT2D eigenvalue weighted by molar-refractivity contribution is 6.46. The molecule has 1 aliphatic rings. The molecular weight excluding hydrogens is 419 g/mol. The van der Waals surface area contributed by atoms with Gasteiger partial charge in [-0.1, -0.05) is 29.8 Å². The summed E-state index contributed by atoms with van der Waals surface area (Å²) >= 11 is 5.99. The predicted molar refractivity (Wildman–Crippen MR) is 118 cm³/mol. The van der Waals surface area contributed by atoms with Gasteiger partial charge in [0.15, 0.2) is 0 Å². The molecule has 0 unspecified atom stereocenters. The molecule has 0 radical (unpaired) electrons. The van der Waals surface area contributed by atoms with Crippen molar-refractivity contribution >= 4 is 40.4 Å². The number of nitrogens with one attached hydrogen (secondary N) is 1. The third-order valence-corrected chi connectivity index (χ3v) is 4.97. The van der Waals surface area contributed by atoms with Crippen molar-refractivity contribution in [3.63, 3.8) is 0 Å². The third kappa shape index (κ3) is 4.15. The van der Waals surface area contributed by atoms with E-state index in [-0.39, 0.29) is 17.0 Å². The van der Waals surface area contributed by atoms with Crippen molar-refractivity contribution < 1.29 is 18.7 Å². The first kappa shape index (κ1) is 20.6. The summed E-state index contributed by atoms with van der Waals surface area (Å²) in [5.41, 5.74) is 1.73. The first-order valence-electron chi connectivity index (χ1n) is 9.62. The minimum Gasteiger partial charge on any atom is -0.494 e. The SMILES string of the molecule is CCOc1cccc(NC2=C(c3ccc(Cl)cc3)C(=O)N(c3ccc(F)cc3)C2=O)c1. The Morgan fingerprint density at radius 2 is 1.68 bits per heavy atom. The number of anilines is 2. The van der Waals surface area contributed by atoms with Gasteiger partial charge >= 0.3 is 0 Å². The number of hydrogen-bond donors (Lipinski definition) is 1. The molecule has 31 heavy (non-hydrogen) atoms. The minimum atomic E-state index is -0.539. The first-order valence-corrected chi connectivity index (χ1v) is 10.00. The highest BCUT2D eigenvalue weighted by Crippen LogP contribution is 2.34. The molecule has 0 bridgehead atoms. The molecule has 2 amide bonds. The number of ether oxygens (including phenoxy) is 1. The molecular formula is C24H18ClFN2O3. The molecule has 0 spiro atoms. The molecule has 0 fully saturated rings. The van der Waals surface area contributed by atoms with Crippen molar-refractivity contribution in [1.82, 2.24) is 0 Å². The lowest BCUT2D eigenvalue weighted by molar-refractivity contribution is -0.120. The molecule has 5 nitrogen and oxygen atoms in total. The Hall–Kier alpha value is -3.64. The summed E-state index contributed by atoms with van der Waals surface area (Å²) in [6, 6.07) is 18.9. The van der Waals surface area contributed by atoms with Crippen LogP contribution in [0.4, 0.5) is 15.8 Å². The van der Waals surface area contributed by atoms with Crippen LogP contribution in [0.1, 0.15) is 12.5 Å². The number of imide groups is 1. The Bertz CT molecular complexity index is 1170. The molecule has 156 valence electrons. The molecule has 0 saturated carbocycles. The Labute approximate surface area is 183 Å². The molecule has 3 aromatic rings. The Kier molecular flexibility index (Phi) is 5.73. The van der Waals surface area contributed by atoms with Gasteiger partial charge in [0.1, 0.15) is 17.3 Å². The van der Waals surface area contributed by atoms with Crippen molar-refractivity contribution in [2.75, 3.05) is 16.8 Å². The first-order chi connectivity index (χ1) is 15.0. The maximum Gasteiger partial charge on any atom is 0.282 e. The van der Waals surface area contributed by atoms with Gasteiger partial charge in [0, 0.05) is 16.8 Å². The second-order valence-corrected chi connectivity index (χ2v) is 7.20. The van der Waals surface area contributed by atoms with Crippen LogP contribution in [0.25, 0.3) is 5.57 Å². The number of rotatable bonds is 6. The molecule has 0 aliphatic carbocycles. The molecule has 3 aromatic carbocycles. The highest BCUT2D eigenvalue weighted by atomic mass is 35.5. The molecule has 0 atom stereocenters. The van der Waals surface area contributed by atoms with Crippen LogP contribution in [0.5, 0.6) is 5.75 Å². The maximum absolute atomic E-state index is 13.4. The van der Waals surface area contributed by atoms with Crippen LogP contribution in [-0.4, -0.2) is 18.4 Å². The van der Waals surface area contributed by atoms with Gasteiger partial charge in [0.25, 0.3) is 11.8 Å². The van der Waals surface area contributed by atoms with E-state index in [1.165, 1.54) is 24.3 Å². The van der Waals surface area contributed by atoms with Gasteiger partial charge in [-0.2, -0.15) is 0 Å². The minimum absolute atomic E-state index is 0.116. The van der Waals surface area contributed by atoms with Gasteiger partial charge < -0.3 is 10.1 Å². The number of amides is 2. The van der Waals surface area contributed by atoms with Crippen LogP contribution in [0, 0.1) is 5.82 Å². The topological polar surface area (TPSA) is 58.6 Å². The van der Waals surface area contributed by atoms with Crippen LogP contribution < -0.4 is 15.0 Å². The Balaban J connectivity index is 1.78. The second-order valence-electron chi connectivity index (χ2n) is 6.76. The van der Waals surface area contributed by atoms with Crippen LogP contribution in [0.2, 0.25) is 5.02 Å². The number of nitrogens with zero attached hydrogens (tertiary/aromatic N) is 1. The summed E-state index contributed by atoms with van der Waals surface area (Å²) in [4.78, 5) is 27.6. The van der Waals surface area contributed by atoms with E-state index in [1.807, 2.05) is 6.92 Å². The summed E-state index contributed by atoms with van der Waals surface area (Å²) in [5, 5.41) is 3.58. The maximum atomic E-state index is 13.4. The third-order valence-electron chi connectivity index (χ3n) is 4.72. The largest absolute Gasteiger partial charge is 0.494 e. The van der Waals surface area contributed by atoms with Crippen molar-refractivity contribution in [2.24, 2.45) is 0 Å². The van der Waals surface area contributed by atoms with Crippen LogP contribution >= 0.6 is 11.6 Å². The fourth-order valence-electron chi connectivity index (χ4n) is 3.33. The highest BCUT2D eigenvalue weighted by Gasteiger charge is 2.40. The van der Waals surface area contributed by atoms with Gasteiger partial charge in [-0.15, -0.1) is 0 Å². The summed E-state index contributed by atoms with van der Waals surface area (Å²) in [6.07, 6.45) is 0. The monoisotopic (exact) mass is 436 g/mol. The van der Waals surface area contributed by atoms with Gasteiger partial charge in [-0.3, -0.25) is 9.59 Å². The zero-order valence-electron chi connectivity index (χ0n) is 16.6. The number of hydrogen-bond acceptors (Lipinski definition) is 4. The lowest BCUT2D eigenvalue weighted by Crippen LogP contribution is -2.32. The van der Waals surface area contributed by atoms with E-state index in [9.17, 15) is 14.0 Å². The molecule has 1 aliphatic heterocycles. The molecule has 1 N–H and O–H groups in total. The summed E-state index contributed by atoms with van der Waals surface area (Å²) in [6.45, 7) is 2.37. The zero-order valence-corrected chi connectivity index (χ0v) is 17.3. The lowest BCUT2D eigenvalue weighted by Gasteiger charge is -2.15. The smallest absolute Gasteiger partial charge is 0.282 e. The van der Waals surface area contributed by atoms with Crippen LogP contribution in [0.15, 0.2) is 78.5 Å². The van der Waals surface area contributed by atoms with Gasteiger partial charge in [0.05, 0.1) is 17.9 Å². The number of carbonyl (C=O) groups is 2. The van der Waals surface area contributed by atoms with E-state index in [0.717, 1.165) is 4.90 Å². The molecule has 0 aromatic heterocycles. The summed E-state index contributed by atoms with van der Waals surface area (Å²) in [5.74, 6) is -0.876. The average Bonchev–Trinajstić information content (AvgIpc) is 3.00. The molecule has 7 heteroatoms. The quantitative estimate of drug-likeness (QED) is 0.534. The summed E-state index contributed by atoms with van der Waals surface area (Å²) < 4.78 is 18.9. The van der Waals surface area contributed by atoms with E-state index in [2.05, 4.69) is 5.32 Å². The van der Waals surface area contributed by atoms with Crippen molar-refractivity contribution in [1.29, 1.82) is 0 Å². The number of halogens is 2. The Morgan fingerprint density at radius 3 is 2.35 bits per heavy atom. The molecule has 0 saturated heterocycles. The van der Waals surface area contributed by atoms with E-state index < -0.39 is 17.6 Å². The van der Waals surface area contributed by atoms with Crippen molar-refractivity contribution in [3.05, 3.63) is 94.9 Å². The average molecular weight is 437 g/mol. The van der Waals surface area contributed by atoms with Gasteiger partial charge in [0.2, 0.25) is 0 Å². The zero-order chi connectivity index (χ0) is 22.0. The lowest BCUT2D eigenvalue weighted by atomic mass is 10.0. The Morgan fingerprint density at radius 1 is 0.968 bits per heavy atom. The normalized spacial score (nSPS) is 13.7. The van der Waals surface area contributed by atoms with Gasteiger partial charge in [-0.25, -0.2) is 9.29 Å². The van der Waals surface area contributed by atoms with E-state index in [1.54, 1.807) is 48.5 Å². The second kappa shape index (κ2) is 8.62. The predicted octanol–water partition coefficient (Wildman–Crippen LogP) is 5.27. The summed E-state index contributed by atoms with van der Waals surface area (Å²) in [7, 11) is 0. The fraction of sp³-hybridized carbons (Fsp3) is 0.0833. The van der Waals surface area contributed by atoms with Gasteiger partial charge in [-0.05, 0) is 61.0 Å². The van der Waals surface area contributed by atoms with Crippen molar-refractivity contribution in [2.45, 2.75) is 6.92 Å². The molecule has 1 heterocycles. The molecule has 4 rings (SSSR count).